The van der Waals surface area contributed by atoms with Crippen molar-refractivity contribution in [3.05, 3.63) is 69.0 Å². The first-order chi connectivity index (χ1) is 9.49. The molecule has 0 heterocycles. The second-order valence-electron chi connectivity index (χ2n) is 5.22. The Labute approximate surface area is 127 Å². The number of aliphatic hydroxyl groups is 1. The molecule has 20 heavy (non-hydrogen) atoms. The molecule has 0 aromatic heterocycles. The highest BCUT2D eigenvalue weighted by atomic mass is 35.5. The van der Waals surface area contributed by atoms with Gasteiger partial charge in [0.25, 0.3) is 0 Å². The highest BCUT2D eigenvalue weighted by Crippen LogP contribution is 2.41. The lowest BCUT2D eigenvalue weighted by Crippen LogP contribution is -2.25. The minimum atomic E-state index is -1.00. The van der Waals surface area contributed by atoms with E-state index in [1.807, 2.05) is 12.1 Å². The number of hydrogen-bond acceptors (Lipinski definition) is 1. The van der Waals surface area contributed by atoms with E-state index in [9.17, 15) is 9.50 Å². The Morgan fingerprint density at radius 1 is 1.20 bits per heavy atom. The average Bonchev–Trinajstić information content (AvgIpc) is 2.72. The zero-order valence-electron chi connectivity index (χ0n) is 10.7. The summed E-state index contributed by atoms with van der Waals surface area (Å²) < 4.78 is 13.2. The molecule has 2 aromatic rings. The molecular formula is C16H13Cl2FO. The summed E-state index contributed by atoms with van der Waals surface area (Å²) >= 11 is 12.2. The van der Waals surface area contributed by atoms with Crippen molar-refractivity contribution >= 4 is 23.2 Å². The maximum Gasteiger partial charge on any atom is 0.123 e. The second-order valence-corrected chi connectivity index (χ2v) is 6.01. The van der Waals surface area contributed by atoms with Gasteiger partial charge in [0.15, 0.2) is 0 Å². The van der Waals surface area contributed by atoms with E-state index in [1.54, 1.807) is 12.1 Å². The molecule has 1 aliphatic rings. The van der Waals surface area contributed by atoms with Gasteiger partial charge in [-0.2, -0.15) is 0 Å². The smallest absolute Gasteiger partial charge is 0.123 e. The molecule has 0 bridgehead atoms. The normalized spacial score (nSPS) is 21.0. The number of rotatable bonds is 2. The van der Waals surface area contributed by atoms with Crippen LogP contribution >= 0.6 is 23.2 Å². The maximum absolute atomic E-state index is 13.2. The molecule has 1 N–H and O–H groups in total. The monoisotopic (exact) mass is 310 g/mol. The fraction of sp³-hybridized carbons (Fsp3) is 0.250. The lowest BCUT2D eigenvalue weighted by molar-refractivity contribution is 0.0390. The van der Waals surface area contributed by atoms with Crippen LogP contribution in [0.15, 0.2) is 36.4 Å². The highest BCUT2D eigenvalue weighted by Gasteiger charge is 2.37. The predicted molar refractivity (Wildman–Crippen MR) is 78.8 cm³/mol. The second kappa shape index (κ2) is 5.03. The minimum absolute atomic E-state index is 0.270. The van der Waals surface area contributed by atoms with Gasteiger partial charge >= 0.3 is 0 Å². The van der Waals surface area contributed by atoms with Gasteiger partial charge in [-0.05, 0) is 47.7 Å². The lowest BCUT2D eigenvalue weighted by Gasteiger charge is -2.25. The summed E-state index contributed by atoms with van der Waals surface area (Å²) in [6.45, 7) is 0. The standard InChI is InChI=1S/C16H13Cl2FO/c17-14-3-1-2-11(15(14)18)9-16(20)7-6-10-8-12(19)4-5-13(10)16/h1-5,8,20H,6-7,9H2. The molecule has 1 unspecified atom stereocenters. The zero-order valence-corrected chi connectivity index (χ0v) is 12.2. The van der Waals surface area contributed by atoms with Gasteiger partial charge in [0.2, 0.25) is 0 Å². The summed E-state index contributed by atoms with van der Waals surface area (Å²) in [4.78, 5) is 0. The fourth-order valence-corrected chi connectivity index (χ4v) is 3.27. The van der Waals surface area contributed by atoms with Gasteiger partial charge in [-0.3, -0.25) is 0 Å². The number of halogens is 3. The van der Waals surface area contributed by atoms with Crippen LogP contribution in [0.3, 0.4) is 0 Å². The molecule has 104 valence electrons. The Hall–Kier alpha value is -1.09. The maximum atomic E-state index is 13.2. The summed E-state index contributed by atoms with van der Waals surface area (Å²) in [5, 5.41) is 11.8. The van der Waals surface area contributed by atoms with Crippen molar-refractivity contribution in [2.75, 3.05) is 0 Å². The Kier molecular flexibility index (Phi) is 3.49. The topological polar surface area (TPSA) is 20.2 Å². The molecule has 1 atom stereocenters. The number of fused-ring (bicyclic) bond motifs is 1. The third-order valence-corrected chi connectivity index (χ3v) is 4.75. The van der Waals surface area contributed by atoms with E-state index in [0.717, 1.165) is 16.7 Å². The minimum Gasteiger partial charge on any atom is -0.385 e. The van der Waals surface area contributed by atoms with Crippen LogP contribution in [-0.4, -0.2) is 5.11 Å². The molecule has 3 rings (SSSR count). The van der Waals surface area contributed by atoms with Crippen molar-refractivity contribution in [2.24, 2.45) is 0 Å². The molecule has 0 amide bonds. The van der Waals surface area contributed by atoms with Crippen LogP contribution in [0.5, 0.6) is 0 Å². The molecule has 1 aliphatic carbocycles. The van der Waals surface area contributed by atoms with Crippen LogP contribution in [0.2, 0.25) is 10.0 Å². The van der Waals surface area contributed by atoms with Gasteiger partial charge in [0, 0.05) is 6.42 Å². The van der Waals surface area contributed by atoms with Gasteiger partial charge in [-0.15, -0.1) is 0 Å². The van der Waals surface area contributed by atoms with Crippen molar-refractivity contribution in [3.8, 4) is 0 Å². The molecule has 0 aliphatic heterocycles. The van der Waals surface area contributed by atoms with E-state index in [-0.39, 0.29) is 5.82 Å². The van der Waals surface area contributed by atoms with E-state index in [2.05, 4.69) is 0 Å². The van der Waals surface area contributed by atoms with Crippen LogP contribution in [0.4, 0.5) is 4.39 Å². The van der Waals surface area contributed by atoms with Crippen LogP contribution < -0.4 is 0 Å². The number of hydrogen-bond donors (Lipinski definition) is 1. The number of benzene rings is 2. The number of aryl methyl sites for hydroxylation is 1. The molecule has 0 saturated heterocycles. The van der Waals surface area contributed by atoms with Gasteiger partial charge in [-0.25, -0.2) is 4.39 Å². The molecule has 1 nitrogen and oxygen atoms in total. The summed E-state index contributed by atoms with van der Waals surface area (Å²) in [5.74, 6) is -0.270. The Morgan fingerprint density at radius 2 is 2.00 bits per heavy atom. The molecule has 0 radical (unpaired) electrons. The predicted octanol–water partition coefficient (Wildman–Crippen LogP) is 4.51. The van der Waals surface area contributed by atoms with Crippen molar-refractivity contribution in [1.29, 1.82) is 0 Å². The van der Waals surface area contributed by atoms with Gasteiger partial charge < -0.3 is 5.11 Å². The van der Waals surface area contributed by atoms with Crippen LogP contribution in [0.25, 0.3) is 0 Å². The quantitative estimate of drug-likeness (QED) is 0.865. The molecule has 2 aromatic carbocycles. The van der Waals surface area contributed by atoms with Crippen LogP contribution in [-0.2, 0) is 18.4 Å². The van der Waals surface area contributed by atoms with E-state index < -0.39 is 5.60 Å². The third kappa shape index (κ3) is 2.32. The average molecular weight is 311 g/mol. The third-order valence-electron chi connectivity index (χ3n) is 3.89. The largest absolute Gasteiger partial charge is 0.385 e. The lowest BCUT2D eigenvalue weighted by atomic mass is 9.89. The molecule has 0 fully saturated rings. The highest BCUT2D eigenvalue weighted by molar-refractivity contribution is 6.42. The molecular weight excluding hydrogens is 298 g/mol. The first-order valence-corrected chi connectivity index (χ1v) is 7.19. The SMILES string of the molecule is OC1(Cc2cccc(Cl)c2Cl)CCc2cc(F)ccc21. The first kappa shape index (κ1) is 13.9. The van der Waals surface area contributed by atoms with Crippen molar-refractivity contribution in [3.63, 3.8) is 0 Å². The van der Waals surface area contributed by atoms with E-state index in [1.165, 1.54) is 12.1 Å². The molecule has 0 spiro atoms. The Morgan fingerprint density at radius 3 is 2.80 bits per heavy atom. The van der Waals surface area contributed by atoms with Crippen LogP contribution in [0, 0.1) is 5.82 Å². The van der Waals surface area contributed by atoms with Gasteiger partial charge in [0.05, 0.1) is 15.6 Å². The Bertz CT molecular complexity index is 672. The van der Waals surface area contributed by atoms with E-state index in [4.69, 9.17) is 23.2 Å². The molecule has 0 saturated carbocycles. The summed E-state index contributed by atoms with van der Waals surface area (Å²) in [6.07, 6.45) is 1.61. The summed E-state index contributed by atoms with van der Waals surface area (Å²) in [7, 11) is 0. The summed E-state index contributed by atoms with van der Waals surface area (Å²) in [5.41, 5.74) is 1.46. The fourth-order valence-electron chi connectivity index (χ4n) is 2.88. The van der Waals surface area contributed by atoms with Crippen LogP contribution in [0.1, 0.15) is 23.1 Å². The summed E-state index contributed by atoms with van der Waals surface area (Å²) in [6, 6.07) is 9.92. The van der Waals surface area contributed by atoms with Gasteiger partial charge in [0.1, 0.15) is 5.82 Å². The Balaban J connectivity index is 1.98. The van der Waals surface area contributed by atoms with Gasteiger partial charge in [-0.1, -0.05) is 41.4 Å². The van der Waals surface area contributed by atoms with Crippen molar-refractivity contribution < 1.29 is 9.50 Å². The first-order valence-electron chi connectivity index (χ1n) is 6.44. The van der Waals surface area contributed by atoms with E-state index in [0.29, 0.717) is 29.3 Å². The zero-order chi connectivity index (χ0) is 14.3. The van der Waals surface area contributed by atoms with Crippen molar-refractivity contribution in [2.45, 2.75) is 24.9 Å². The van der Waals surface area contributed by atoms with E-state index >= 15 is 0 Å². The van der Waals surface area contributed by atoms with Crippen molar-refractivity contribution in [1.82, 2.24) is 0 Å². The molecule has 4 heteroatoms.